The van der Waals surface area contributed by atoms with Crippen molar-refractivity contribution < 1.29 is 9.59 Å². The minimum absolute atomic E-state index is 0.173. The van der Waals surface area contributed by atoms with Crippen LogP contribution in [0.4, 0.5) is 5.69 Å². The van der Waals surface area contributed by atoms with E-state index in [-0.39, 0.29) is 17.9 Å². The minimum atomic E-state index is -0.701. The monoisotopic (exact) mass is 543 g/mol. The van der Waals surface area contributed by atoms with Crippen LogP contribution in [-0.4, -0.2) is 58.0 Å². The largest absolute Gasteiger partial charge is 0.365 e. The minimum Gasteiger partial charge on any atom is -0.365 e. The molecule has 8 fully saturated rings. The fourth-order valence-corrected chi connectivity index (χ4v) is 10.3. The van der Waals surface area contributed by atoms with E-state index in [1.165, 1.54) is 62.5 Å². The third-order valence-corrected chi connectivity index (χ3v) is 11.7. The van der Waals surface area contributed by atoms with E-state index in [9.17, 15) is 14.4 Å². The molecule has 10 rings (SSSR count). The van der Waals surface area contributed by atoms with Crippen LogP contribution in [0.2, 0.25) is 0 Å². The van der Waals surface area contributed by atoms with Crippen LogP contribution in [0.25, 0.3) is 10.9 Å². The van der Waals surface area contributed by atoms with Crippen molar-refractivity contribution >= 4 is 28.4 Å². The number of rotatable bonds is 5. The van der Waals surface area contributed by atoms with Gasteiger partial charge in [0.2, 0.25) is 11.8 Å². The number of piperidine rings is 3. The lowest BCUT2D eigenvalue weighted by Crippen LogP contribution is -2.63. The van der Waals surface area contributed by atoms with E-state index in [0.29, 0.717) is 40.6 Å². The highest BCUT2D eigenvalue weighted by Crippen LogP contribution is 2.61. The zero-order chi connectivity index (χ0) is 27.2. The number of carbonyl (C=O) groups is 2. The Morgan fingerprint density at radius 1 is 0.950 bits per heavy atom. The normalized spacial score (nSPS) is 37.0. The Hall–Kier alpha value is -2.74. The molecule has 3 atom stereocenters. The predicted octanol–water partition coefficient (Wildman–Crippen LogP) is 3.94. The molecule has 0 radical (unpaired) electrons. The van der Waals surface area contributed by atoms with Crippen molar-refractivity contribution in [3.8, 4) is 0 Å². The van der Waals surface area contributed by atoms with E-state index in [4.69, 9.17) is 4.98 Å². The molecule has 4 aliphatic heterocycles. The van der Waals surface area contributed by atoms with Gasteiger partial charge in [0.05, 0.1) is 16.6 Å². The van der Waals surface area contributed by atoms with Crippen molar-refractivity contribution in [2.45, 2.75) is 95.7 Å². The number of hydrogen-bond donors (Lipinski definition) is 1. The average Bonchev–Trinajstić information content (AvgIpc) is 2.92. The molecule has 4 saturated carbocycles. The van der Waals surface area contributed by atoms with Crippen LogP contribution in [0.1, 0.15) is 82.5 Å². The molecule has 40 heavy (non-hydrogen) atoms. The maximum Gasteiger partial charge on any atom is 0.264 e. The first-order valence-corrected chi connectivity index (χ1v) is 15.7. The van der Waals surface area contributed by atoms with Gasteiger partial charge < -0.3 is 4.90 Å². The molecule has 2 aromatic rings. The fourth-order valence-electron chi connectivity index (χ4n) is 10.3. The Morgan fingerprint density at radius 3 is 2.35 bits per heavy atom. The molecule has 8 aliphatic rings. The van der Waals surface area contributed by atoms with Crippen LogP contribution in [0, 0.1) is 30.1 Å². The maximum atomic E-state index is 14.0. The Morgan fingerprint density at radius 2 is 1.68 bits per heavy atom. The number of amides is 2. The van der Waals surface area contributed by atoms with Gasteiger partial charge in [0, 0.05) is 31.6 Å². The number of imide groups is 1. The van der Waals surface area contributed by atoms with E-state index in [2.05, 4.69) is 21.2 Å². The number of carbonyl (C=O) groups excluding carboxylic acids is 2. The number of anilines is 1. The standard InChI is InChI=1S/C32H41N5O3/c1-19-33-25-3-2-4-26(29(25)31(40)37(19)27-7-8-28(38)34-30(27)39)36-18-23-5-6-24(36)17-35(23)10-9-32-14-20-11-21(15-32)13-22(12-20)16-32/h2-4,20-24,27H,5-18H2,1H3,(H,34,38,39)/t20?,21?,22?,23-,24-,27-,32?/m1/s1. The zero-order valence-electron chi connectivity index (χ0n) is 23.6. The molecule has 6 bridgehead atoms. The van der Waals surface area contributed by atoms with Crippen molar-refractivity contribution in [1.82, 2.24) is 19.8 Å². The van der Waals surface area contributed by atoms with Gasteiger partial charge in [0.1, 0.15) is 11.9 Å². The molecule has 0 unspecified atom stereocenters. The summed E-state index contributed by atoms with van der Waals surface area (Å²) < 4.78 is 1.52. The number of piperazine rings is 1. The lowest BCUT2D eigenvalue weighted by atomic mass is 9.49. The first-order valence-electron chi connectivity index (χ1n) is 15.7. The summed E-state index contributed by atoms with van der Waals surface area (Å²) in [7, 11) is 0. The van der Waals surface area contributed by atoms with Gasteiger partial charge >= 0.3 is 0 Å². The Labute approximate surface area is 235 Å². The van der Waals surface area contributed by atoms with Gasteiger partial charge in [-0.2, -0.15) is 0 Å². The molecule has 1 N–H and O–H groups in total. The van der Waals surface area contributed by atoms with Crippen molar-refractivity contribution in [2.24, 2.45) is 23.2 Å². The lowest BCUT2D eigenvalue weighted by molar-refractivity contribution is -0.135. The SMILES string of the molecule is Cc1nc2cccc(N3C[C@H]4CC[C@@H]3CN4CCC34CC5CC(CC(C5)C3)C4)c2c(=O)n1[C@@H]1CCC(=O)NC1=O. The van der Waals surface area contributed by atoms with Crippen LogP contribution in [0.3, 0.4) is 0 Å². The molecule has 4 aliphatic carbocycles. The van der Waals surface area contributed by atoms with Gasteiger partial charge in [0.15, 0.2) is 0 Å². The number of nitrogens with one attached hydrogen (secondary N) is 1. The summed E-state index contributed by atoms with van der Waals surface area (Å²) in [6.07, 6.45) is 13.3. The highest BCUT2D eigenvalue weighted by molar-refractivity contribution is 5.99. The third-order valence-electron chi connectivity index (χ3n) is 11.7. The highest BCUT2D eigenvalue weighted by atomic mass is 16.2. The Balaban J connectivity index is 1.05. The van der Waals surface area contributed by atoms with Crippen molar-refractivity contribution in [1.29, 1.82) is 0 Å². The molecule has 8 heteroatoms. The van der Waals surface area contributed by atoms with E-state index in [0.717, 1.165) is 43.0 Å². The van der Waals surface area contributed by atoms with E-state index < -0.39 is 11.9 Å². The summed E-state index contributed by atoms with van der Waals surface area (Å²) in [6, 6.07) is 6.18. The van der Waals surface area contributed by atoms with E-state index in [1.54, 1.807) is 6.92 Å². The molecule has 2 amide bonds. The number of aryl methyl sites for hydroxylation is 1. The van der Waals surface area contributed by atoms with Crippen molar-refractivity contribution in [3.63, 3.8) is 0 Å². The average molecular weight is 544 g/mol. The van der Waals surface area contributed by atoms with Crippen LogP contribution < -0.4 is 15.8 Å². The molecule has 1 aromatic heterocycles. The smallest absolute Gasteiger partial charge is 0.264 e. The number of hydrogen-bond acceptors (Lipinski definition) is 6. The third kappa shape index (κ3) is 3.96. The van der Waals surface area contributed by atoms with Crippen molar-refractivity contribution in [3.05, 3.63) is 34.4 Å². The van der Waals surface area contributed by atoms with Gasteiger partial charge in [-0.05, 0) is 113 Å². The van der Waals surface area contributed by atoms with Crippen LogP contribution in [-0.2, 0) is 9.59 Å². The first kappa shape index (κ1) is 25.0. The molecular formula is C32H41N5O3. The predicted molar refractivity (Wildman–Crippen MR) is 153 cm³/mol. The molecule has 212 valence electrons. The summed E-state index contributed by atoms with van der Waals surface area (Å²) in [5, 5.41) is 3.01. The maximum absolute atomic E-state index is 14.0. The molecule has 4 saturated heterocycles. The summed E-state index contributed by atoms with van der Waals surface area (Å²) in [5.74, 6) is 2.84. The summed E-state index contributed by atoms with van der Waals surface area (Å²) in [4.78, 5) is 48.5. The second-order valence-corrected chi connectivity index (χ2v) is 14.2. The van der Waals surface area contributed by atoms with Gasteiger partial charge in [-0.3, -0.25) is 29.2 Å². The quantitative estimate of drug-likeness (QED) is 0.575. The summed E-state index contributed by atoms with van der Waals surface area (Å²) in [5.41, 5.74) is 2.08. The van der Waals surface area contributed by atoms with Crippen LogP contribution in [0.5, 0.6) is 0 Å². The molecule has 0 spiro atoms. The van der Waals surface area contributed by atoms with E-state index >= 15 is 0 Å². The zero-order valence-corrected chi connectivity index (χ0v) is 23.6. The summed E-state index contributed by atoms with van der Waals surface area (Å²) in [6.45, 7) is 5.01. The second-order valence-electron chi connectivity index (χ2n) is 14.2. The second kappa shape index (κ2) is 9.13. The Bertz CT molecular complexity index is 1410. The molecule has 5 heterocycles. The Kier molecular flexibility index (Phi) is 5.71. The number of fused-ring (bicyclic) bond motifs is 4. The topological polar surface area (TPSA) is 87.5 Å². The van der Waals surface area contributed by atoms with Crippen LogP contribution in [0.15, 0.2) is 23.0 Å². The van der Waals surface area contributed by atoms with Gasteiger partial charge in [-0.25, -0.2) is 4.98 Å². The number of nitrogens with zero attached hydrogens (tertiary/aromatic N) is 4. The molecular weight excluding hydrogens is 502 g/mol. The fraction of sp³-hybridized carbons (Fsp3) is 0.688. The number of benzene rings is 1. The van der Waals surface area contributed by atoms with E-state index in [1.807, 2.05) is 12.1 Å². The molecule has 1 aromatic carbocycles. The molecule has 8 nitrogen and oxygen atoms in total. The first-order chi connectivity index (χ1) is 19.4. The van der Waals surface area contributed by atoms with Gasteiger partial charge in [-0.15, -0.1) is 0 Å². The van der Waals surface area contributed by atoms with Gasteiger partial charge in [0.25, 0.3) is 5.56 Å². The van der Waals surface area contributed by atoms with Crippen molar-refractivity contribution in [2.75, 3.05) is 24.5 Å². The highest BCUT2D eigenvalue weighted by Gasteiger charge is 2.51. The van der Waals surface area contributed by atoms with Gasteiger partial charge in [-0.1, -0.05) is 6.07 Å². The lowest BCUT2D eigenvalue weighted by Gasteiger charge is -2.58. The van der Waals surface area contributed by atoms with Crippen LogP contribution >= 0.6 is 0 Å². The number of aromatic nitrogens is 2. The summed E-state index contributed by atoms with van der Waals surface area (Å²) >= 11 is 0.